The minimum absolute atomic E-state index is 0.629. The van der Waals surface area contributed by atoms with Crippen molar-refractivity contribution < 1.29 is 4.74 Å². The molecule has 9 heavy (non-hydrogen) atoms. The van der Waals surface area contributed by atoms with Crippen LogP contribution in [0.3, 0.4) is 0 Å². The minimum Gasteiger partial charge on any atom is -0.348 e. The van der Waals surface area contributed by atoms with Gasteiger partial charge in [0.2, 0.25) is 5.72 Å². The molecule has 1 heterocycles. The monoisotopic (exact) mass is 126 g/mol. The Bertz CT molecular complexity index is 132. The Balaban J connectivity index is 2.49. The third-order valence-corrected chi connectivity index (χ3v) is 1.49. The number of hydrogen-bond donors (Lipinski definition) is 1. The molecule has 3 nitrogen and oxygen atoms in total. The van der Waals surface area contributed by atoms with E-state index in [0.717, 1.165) is 12.8 Å². The fraction of sp³-hybridized carbons (Fsp3) is 0.833. The van der Waals surface area contributed by atoms with Gasteiger partial charge in [-0.15, -0.1) is 0 Å². The highest BCUT2D eigenvalue weighted by atomic mass is 16.5. The van der Waals surface area contributed by atoms with Crippen LogP contribution in [0.4, 0.5) is 0 Å². The smallest absolute Gasteiger partial charge is 0.205 e. The Morgan fingerprint density at radius 3 is 2.67 bits per heavy atom. The second-order valence-electron chi connectivity index (χ2n) is 2.31. The lowest BCUT2D eigenvalue weighted by atomic mass is 10.1. The van der Waals surface area contributed by atoms with E-state index in [4.69, 9.17) is 15.7 Å². The summed E-state index contributed by atoms with van der Waals surface area (Å²) in [5, 5.41) is 8.45. The zero-order valence-electron chi connectivity index (χ0n) is 5.26. The topological polar surface area (TPSA) is 59.0 Å². The molecule has 1 unspecified atom stereocenters. The molecule has 1 fully saturated rings. The Morgan fingerprint density at radius 1 is 1.56 bits per heavy atom. The second-order valence-corrected chi connectivity index (χ2v) is 2.31. The molecule has 1 rings (SSSR count). The van der Waals surface area contributed by atoms with Crippen LogP contribution in [0.25, 0.3) is 0 Å². The van der Waals surface area contributed by atoms with Crippen LogP contribution in [0.15, 0.2) is 0 Å². The van der Waals surface area contributed by atoms with Crippen molar-refractivity contribution in [2.75, 3.05) is 6.61 Å². The molecular formula is C6H10N2O. The lowest BCUT2D eigenvalue weighted by Crippen LogP contribution is -2.43. The maximum atomic E-state index is 8.45. The van der Waals surface area contributed by atoms with Crippen LogP contribution in [0, 0.1) is 11.3 Å². The van der Waals surface area contributed by atoms with Gasteiger partial charge in [0.15, 0.2) is 0 Å². The molecule has 0 aliphatic carbocycles. The molecule has 1 aliphatic rings. The van der Waals surface area contributed by atoms with Crippen molar-refractivity contribution in [2.24, 2.45) is 5.73 Å². The average Bonchev–Trinajstić information content (AvgIpc) is 1.90. The second kappa shape index (κ2) is 2.34. The van der Waals surface area contributed by atoms with Crippen LogP contribution < -0.4 is 5.73 Å². The summed E-state index contributed by atoms with van der Waals surface area (Å²) in [7, 11) is 0. The van der Waals surface area contributed by atoms with Crippen molar-refractivity contribution in [1.29, 1.82) is 5.26 Å². The van der Waals surface area contributed by atoms with Crippen molar-refractivity contribution >= 4 is 0 Å². The van der Waals surface area contributed by atoms with Gasteiger partial charge in [0, 0.05) is 6.42 Å². The summed E-state index contributed by atoms with van der Waals surface area (Å²) in [6.45, 7) is 0.629. The van der Waals surface area contributed by atoms with Crippen LogP contribution in [-0.2, 0) is 4.74 Å². The van der Waals surface area contributed by atoms with E-state index in [2.05, 4.69) is 0 Å². The van der Waals surface area contributed by atoms with Gasteiger partial charge >= 0.3 is 0 Å². The van der Waals surface area contributed by atoms with Crippen molar-refractivity contribution in [3.8, 4) is 6.07 Å². The zero-order chi connectivity index (χ0) is 6.74. The van der Waals surface area contributed by atoms with Crippen molar-refractivity contribution in [3.63, 3.8) is 0 Å². The van der Waals surface area contributed by atoms with Gasteiger partial charge in [-0.25, -0.2) is 0 Å². The fourth-order valence-electron chi connectivity index (χ4n) is 0.904. The maximum Gasteiger partial charge on any atom is 0.205 e. The number of nitriles is 1. The molecule has 2 N–H and O–H groups in total. The molecule has 0 aromatic heterocycles. The largest absolute Gasteiger partial charge is 0.348 e. The first-order valence-corrected chi connectivity index (χ1v) is 3.11. The van der Waals surface area contributed by atoms with Gasteiger partial charge in [-0.05, 0) is 12.8 Å². The van der Waals surface area contributed by atoms with Crippen LogP contribution in [-0.4, -0.2) is 12.3 Å². The highest BCUT2D eigenvalue weighted by molar-refractivity contribution is 4.97. The first kappa shape index (κ1) is 6.53. The fourth-order valence-corrected chi connectivity index (χ4v) is 0.904. The summed E-state index contributed by atoms with van der Waals surface area (Å²) in [5.74, 6) is 0. The molecule has 1 atom stereocenters. The normalized spacial score (nSPS) is 35.6. The van der Waals surface area contributed by atoms with Gasteiger partial charge in [-0.3, -0.25) is 5.73 Å². The molecule has 0 spiro atoms. The van der Waals surface area contributed by atoms with Gasteiger partial charge in [0.25, 0.3) is 0 Å². The van der Waals surface area contributed by atoms with Gasteiger partial charge in [0.1, 0.15) is 6.07 Å². The predicted molar refractivity (Wildman–Crippen MR) is 32.3 cm³/mol. The first-order valence-electron chi connectivity index (χ1n) is 3.11. The standard InChI is InChI=1S/C6H10N2O/c7-5-6(8)3-1-2-4-9-6/h1-4,8H2. The molecule has 0 amide bonds. The summed E-state index contributed by atoms with van der Waals surface area (Å²) in [4.78, 5) is 0. The highest BCUT2D eigenvalue weighted by Crippen LogP contribution is 2.17. The SMILES string of the molecule is N#CC1(N)CCCCO1. The van der Waals surface area contributed by atoms with Crippen LogP contribution in [0.5, 0.6) is 0 Å². The molecule has 0 aromatic carbocycles. The molecule has 3 heteroatoms. The van der Waals surface area contributed by atoms with Crippen molar-refractivity contribution in [1.82, 2.24) is 0 Å². The highest BCUT2D eigenvalue weighted by Gasteiger charge is 2.27. The number of nitrogens with two attached hydrogens (primary N) is 1. The van der Waals surface area contributed by atoms with Crippen LogP contribution >= 0.6 is 0 Å². The minimum atomic E-state index is -0.974. The Hall–Kier alpha value is -0.590. The third-order valence-electron chi connectivity index (χ3n) is 1.49. The molecular weight excluding hydrogens is 116 g/mol. The van der Waals surface area contributed by atoms with Gasteiger partial charge in [-0.2, -0.15) is 5.26 Å². The number of nitrogens with zero attached hydrogens (tertiary/aromatic N) is 1. The number of hydrogen-bond acceptors (Lipinski definition) is 3. The van der Waals surface area contributed by atoms with E-state index in [1.807, 2.05) is 6.07 Å². The average molecular weight is 126 g/mol. The van der Waals surface area contributed by atoms with Crippen LogP contribution in [0.2, 0.25) is 0 Å². The zero-order valence-corrected chi connectivity index (χ0v) is 5.26. The Morgan fingerprint density at radius 2 is 2.33 bits per heavy atom. The first-order chi connectivity index (χ1) is 4.27. The summed E-state index contributed by atoms with van der Waals surface area (Å²) in [6.07, 6.45) is 2.70. The van der Waals surface area contributed by atoms with Gasteiger partial charge < -0.3 is 4.74 Å². The van der Waals surface area contributed by atoms with Gasteiger partial charge in [-0.1, -0.05) is 0 Å². The van der Waals surface area contributed by atoms with Gasteiger partial charge in [0.05, 0.1) is 6.61 Å². The van der Waals surface area contributed by atoms with E-state index in [0.29, 0.717) is 13.0 Å². The Labute approximate surface area is 54.4 Å². The van der Waals surface area contributed by atoms with E-state index in [1.54, 1.807) is 0 Å². The summed E-state index contributed by atoms with van der Waals surface area (Å²) in [5.41, 5.74) is 4.50. The quantitative estimate of drug-likeness (QED) is 0.510. The molecule has 0 radical (unpaired) electrons. The molecule has 1 aliphatic heterocycles. The lowest BCUT2D eigenvalue weighted by molar-refractivity contribution is -0.0328. The molecule has 0 saturated carbocycles. The van der Waals surface area contributed by atoms with E-state index in [9.17, 15) is 0 Å². The lowest BCUT2D eigenvalue weighted by Gasteiger charge is -2.26. The van der Waals surface area contributed by atoms with E-state index in [-0.39, 0.29) is 0 Å². The summed E-state index contributed by atoms with van der Waals surface area (Å²) >= 11 is 0. The van der Waals surface area contributed by atoms with E-state index < -0.39 is 5.72 Å². The molecule has 1 saturated heterocycles. The van der Waals surface area contributed by atoms with Crippen molar-refractivity contribution in [2.45, 2.75) is 25.0 Å². The summed E-state index contributed by atoms with van der Waals surface area (Å²) < 4.78 is 5.03. The number of ether oxygens (including phenoxy) is 1. The predicted octanol–water partition coefficient (Wildman–Crippen LogP) is 0.365. The van der Waals surface area contributed by atoms with E-state index in [1.165, 1.54) is 0 Å². The third kappa shape index (κ3) is 1.41. The van der Waals surface area contributed by atoms with E-state index >= 15 is 0 Å². The Kier molecular flexibility index (Phi) is 1.70. The summed E-state index contributed by atoms with van der Waals surface area (Å²) in [6, 6.07) is 1.94. The molecule has 50 valence electrons. The maximum absolute atomic E-state index is 8.45. The van der Waals surface area contributed by atoms with Crippen molar-refractivity contribution in [3.05, 3.63) is 0 Å². The molecule has 0 bridgehead atoms. The molecule has 0 aromatic rings. The number of rotatable bonds is 0. The van der Waals surface area contributed by atoms with Crippen LogP contribution in [0.1, 0.15) is 19.3 Å².